The van der Waals surface area contributed by atoms with E-state index in [1.807, 2.05) is 39.9 Å². The minimum atomic E-state index is -1.13. The zero-order valence-electron chi connectivity index (χ0n) is 22.8. The summed E-state index contributed by atoms with van der Waals surface area (Å²) in [7, 11) is -1.13. The van der Waals surface area contributed by atoms with Crippen LogP contribution in [0.15, 0.2) is 24.3 Å². The molecule has 3 rings (SSSR count). The van der Waals surface area contributed by atoms with Crippen LogP contribution in [0.3, 0.4) is 0 Å². The van der Waals surface area contributed by atoms with Crippen molar-refractivity contribution in [1.82, 2.24) is 10.2 Å². The van der Waals surface area contributed by atoms with E-state index in [4.69, 9.17) is 9.16 Å². The van der Waals surface area contributed by atoms with Crippen LogP contribution in [0, 0.1) is 23.2 Å². The fourth-order valence-corrected chi connectivity index (χ4v) is 6.73. The first-order chi connectivity index (χ1) is 16.0. The van der Waals surface area contributed by atoms with Crippen molar-refractivity contribution in [3.63, 3.8) is 0 Å². The Kier molecular flexibility index (Phi) is 7.32. The number of hydrogen-bond donors (Lipinski definition) is 1. The van der Waals surface area contributed by atoms with Gasteiger partial charge in [0.2, 0.25) is 20.9 Å². The van der Waals surface area contributed by atoms with Gasteiger partial charge in [-0.15, -0.1) is 0 Å². The summed E-state index contributed by atoms with van der Waals surface area (Å²) in [6, 6.07) is 6.58. The molecule has 0 bridgehead atoms. The smallest absolute Gasteiger partial charge is 0.267 e. The van der Waals surface area contributed by atoms with Crippen LogP contribution < -0.4 is 10.1 Å². The normalized spacial score (nSPS) is 27.0. The van der Waals surface area contributed by atoms with Crippen molar-refractivity contribution in [2.24, 2.45) is 23.2 Å². The lowest BCUT2D eigenvalue weighted by molar-refractivity contribution is -0.169. The van der Waals surface area contributed by atoms with E-state index in [1.54, 1.807) is 32.0 Å². The first kappa shape index (κ1) is 27.4. The topological polar surface area (TPSA) is 84.9 Å². The molecule has 2 aliphatic rings. The number of nitrogens with one attached hydrogen (secondary N) is 1. The Hall–Kier alpha value is -2.19. The average molecular weight is 502 g/mol. The number of carbonyl (C=O) groups excluding carboxylic acids is 3. The highest BCUT2D eigenvalue weighted by molar-refractivity contribution is 6.48. The summed E-state index contributed by atoms with van der Waals surface area (Å²) in [5.74, 6) is -1.31. The second kappa shape index (κ2) is 9.35. The van der Waals surface area contributed by atoms with Crippen LogP contribution >= 0.6 is 0 Å². The van der Waals surface area contributed by atoms with E-state index in [0.29, 0.717) is 17.7 Å². The lowest BCUT2D eigenvalue weighted by atomic mass is 9.62. The summed E-state index contributed by atoms with van der Waals surface area (Å²) in [5, 5.41) is 2.96. The van der Waals surface area contributed by atoms with Gasteiger partial charge in [0.25, 0.3) is 5.91 Å². The van der Waals surface area contributed by atoms with E-state index in [-0.39, 0.29) is 29.1 Å². The Bertz CT molecular complexity index is 1000. The number of rotatable bonds is 7. The molecule has 0 aliphatic carbocycles. The van der Waals surface area contributed by atoms with Gasteiger partial charge in [-0.2, -0.15) is 0 Å². The molecule has 2 aliphatic heterocycles. The molecule has 7 nitrogen and oxygen atoms in total. The zero-order valence-corrected chi connectivity index (χ0v) is 23.8. The third-order valence-electron chi connectivity index (χ3n) is 7.51. The van der Waals surface area contributed by atoms with E-state index in [9.17, 15) is 14.4 Å². The molecule has 1 unspecified atom stereocenters. The van der Waals surface area contributed by atoms with Crippen molar-refractivity contribution in [2.45, 2.75) is 92.3 Å². The summed E-state index contributed by atoms with van der Waals surface area (Å²) >= 11 is 0. The van der Waals surface area contributed by atoms with E-state index in [2.05, 4.69) is 26.1 Å². The quantitative estimate of drug-likeness (QED) is 0.435. The largest absolute Gasteiger partial charge is 0.467 e. The van der Waals surface area contributed by atoms with E-state index in [1.165, 1.54) is 4.90 Å². The monoisotopic (exact) mass is 501 g/mol. The molecule has 1 fully saturated rings. The molecular formula is C27H41N2O5Si. The molecule has 0 spiro atoms. The number of carbonyl (C=O) groups is 3. The predicted octanol–water partition coefficient (Wildman–Crippen LogP) is 4.63. The lowest BCUT2D eigenvalue weighted by Crippen LogP contribution is -2.74. The molecule has 1 aromatic rings. The van der Waals surface area contributed by atoms with Gasteiger partial charge in [0, 0.05) is 6.42 Å². The Labute approximate surface area is 211 Å². The molecule has 0 aromatic heterocycles. The van der Waals surface area contributed by atoms with E-state index in [0.717, 1.165) is 0 Å². The van der Waals surface area contributed by atoms with Crippen LogP contribution in [-0.2, 0) is 14.0 Å². The Balaban J connectivity index is 1.99. The SMILES string of the molecule is CC(C)CC1(C)Oc2ccccc2C(=O)N1C(=O)[C@H](C)[C@H]1NC(=O)[C@@H]1[C@@](C)(O[Si](C)C)C(C)(C)C. The molecule has 0 saturated carbocycles. The molecule has 193 valence electrons. The van der Waals surface area contributed by atoms with Crippen molar-refractivity contribution >= 4 is 26.8 Å². The lowest BCUT2D eigenvalue weighted by Gasteiger charge is -2.56. The molecule has 1 N–H and O–H groups in total. The van der Waals surface area contributed by atoms with Crippen LogP contribution in [0.2, 0.25) is 13.1 Å². The fourth-order valence-electron chi connectivity index (χ4n) is 5.45. The van der Waals surface area contributed by atoms with Gasteiger partial charge in [-0.3, -0.25) is 14.4 Å². The summed E-state index contributed by atoms with van der Waals surface area (Å²) in [6.07, 6.45) is 0.492. The Morgan fingerprint density at radius 2 is 1.77 bits per heavy atom. The first-order valence-electron chi connectivity index (χ1n) is 12.5. The van der Waals surface area contributed by atoms with Gasteiger partial charge in [0.1, 0.15) is 5.75 Å². The van der Waals surface area contributed by atoms with Crippen molar-refractivity contribution in [3.8, 4) is 5.75 Å². The number of benzene rings is 1. The summed E-state index contributed by atoms with van der Waals surface area (Å²) < 4.78 is 12.8. The predicted molar refractivity (Wildman–Crippen MR) is 137 cm³/mol. The van der Waals surface area contributed by atoms with Gasteiger partial charge >= 0.3 is 0 Å². The minimum absolute atomic E-state index is 0.119. The van der Waals surface area contributed by atoms with E-state index >= 15 is 0 Å². The number of hydrogen-bond acceptors (Lipinski definition) is 5. The minimum Gasteiger partial charge on any atom is -0.467 e. The molecular weight excluding hydrogens is 460 g/mol. The highest BCUT2D eigenvalue weighted by Gasteiger charge is 2.60. The number of para-hydroxylation sites is 1. The summed E-state index contributed by atoms with van der Waals surface area (Å²) in [4.78, 5) is 41.9. The molecule has 35 heavy (non-hydrogen) atoms. The van der Waals surface area contributed by atoms with Crippen molar-refractivity contribution < 1.29 is 23.5 Å². The van der Waals surface area contributed by atoms with Crippen molar-refractivity contribution in [2.75, 3.05) is 0 Å². The summed E-state index contributed by atoms with van der Waals surface area (Å²) in [5.41, 5.74) is -1.85. The molecule has 5 atom stereocenters. The van der Waals surface area contributed by atoms with Crippen molar-refractivity contribution in [1.29, 1.82) is 0 Å². The number of fused-ring (bicyclic) bond motifs is 1. The standard InChI is InChI=1S/C27H41N2O5Si/c1-16(2)15-26(7)29(24(32)18-13-11-12-14-19(18)33-26)23(31)17(3)21-20(22(30)28-21)27(8,25(4,5)6)34-35(9)10/h11-14,16-17,20-21H,15H2,1-10H3,(H,28,30)/t17-,20-,21-,26?,27-/m1/s1. The second-order valence-electron chi connectivity index (χ2n) is 12.0. The van der Waals surface area contributed by atoms with Gasteiger partial charge in [-0.1, -0.05) is 53.7 Å². The summed E-state index contributed by atoms with van der Waals surface area (Å²) in [6.45, 7) is 19.9. The number of imide groups is 1. The van der Waals surface area contributed by atoms with Crippen LogP contribution in [-0.4, -0.2) is 49.0 Å². The number of β-lactam (4-membered cyclic amide) rings is 1. The van der Waals surface area contributed by atoms with Gasteiger partial charge < -0.3 is 14.5 Å². The first-order valence-corrected chi connectivity index (χ1v) is 14.9. The molecule has 1 radical (unpaired) electrons. The zero-order chi connectivity index (χ0) is 26.5. The van der Waals surface area contributed by atoms with Crippen LogP contribution in [0.25, 0.3) is 0 Å². The highest BCUT2D eigenvalue weighted by Crippen LogP contribution is 2.47. The van der Waals surface area contributed by atoms with Crippen LogP contribution in [0.5, 0.6) is 5.75 Å². The third-order valence-corrected chi connectivity index (χ3v) is 8.34. The van der Waals surface area contributed by atoms with Gasteiger partial charge in [0.15, 0.2) is 5.72 Å². The second-order valence-corrected chi connectivity index (χ2v) is 14.0. The molecule has 1 saturated heterocycles. The number of ether oxygens (including phenoxy) is 1. The fraction of sp³-hybridized carbons (Fsp3) is 0.667. The Morgan fingerprint density at radius 1 is 1.17 bits per heavy atom. The number of amides is 3. The average Bonchev–Trinajstić information content (AvgIpc) is 2.68. The van der Waals surface area contributed by atoms with E-state index < -0.39 is 38.2 Å². The number of nitrogens with zero attached hydrogens (tertiary/aromatic N) is 1. The molecule has 3 amide bonds. The maximum Gasteiger partial charge on any atom is 0.267 e. The van der Waals surface area contributed by atoms with Gasteiger partial charge in [0.05, 0.1) is 29.0 Å². The van der Waals surface area contributed by atoms with Gasteiger partial charge in [-0.25, -0.2) is 4.90 Å². The Morgan fingerprint density at radius 3 is 2.29 bits per heavy atom. The van der Waals surface area contributed by atoms with Gasteiger partial charge in [-0.05, 0) is 50.4 Å². The third kappa shape index (κ3) is 4.79. The maximum atomic E-state index is 14.0. The van der Waals surface area contributed by atoms with Crippen LogP contribution in [0.1, 0.15) is 72.2 Å². The molecule has 8 heteroatoms. The molecule has 2 heterocycles. The highest BCUT2D eigenvalue weighted by atomic mass is 28.3. The maximum absolute atomic E-state index is 14.0. The van der Waals surface area contributed by atoms with Crippen molar-refractivity contribution in [3.05, 3.63) is 29.8 Å². The van der Waals surface area contributed by atoms with Crippen LogP contribution in [0.4, 0.5) is 0 Å². The molecule has 1 aromatic carbocycles.